The van der Waals surface area contributed by atoms with E-state index in [2.05, 4.69) is 4.72 Å². The van der Waals surface area contributed by atoms with Crippen LogP contribution in [0.3, 0.4) is 0 Å². The van der Waals surface area contributed by atoms with Gasteiger partial charge in [-0.05, 0) is 62.6 Å². The molecular formula is C21H24N2O5S. The van der Waals surface area contributed by atoms with E-state index in [0.29, 0.717) is 30.6 Å². The monoisotopic (exact) mass is 416 g/mol. The molecule has 2 aromatic carbocycles. The van der Waals surface area contributed by atoms with Gasteiger partial charge in [-0.15, -0.1) is 0 Å². The number of hydrogen-bond acceptors (Lipinski definition) is 5. The minimum Gasteiger partial charge on any atom is -0.465 e. The summed E-state index contributed by atoms with van der Waals surface area (Å²) in [6.07, 6.45) is 1.36. The lowest BCUT2D eigenvalue weighted by atomic mass is 9.95. The second kappa shape index (κ2) is 8.34. The van der Waals surface area contributed by atoms with Crippen LogP contribution >= 0.6 is 0 Å². The summed E-state index contributed by atoms with van der Waals surface area (Å²) in [7, 11) is -2.39. The van der Waals surface area contributed by atoms with Gasteiger partial charge in [0, 0.05) is 23.8 Å². The maximum Gasteiger partial charge on any atom is 0.338 e. The molecular weight excluding hydrogens is 392 g/mol. The first-order valence-electron chi connectivity index (χ1n) is 9.39. The zero-order valence-corrected chi connectivity index (χ0v) is 17.5. The summed E-state index contributed by atoms with van der Waals surface area (Å²) in [5, 5.41) is 0. The highest BCUT2D eigenvalue weighted by atomic mass is 32.2. The molecule has 0 saturated carbocycles. The Hall–Kier alpha value is -2.71. The molecule has 0 aliphatic carbocycles. The number of nitrogens with zero attached hydrogens (tertiary/aromatic N) is 1. The van der Waals surface area contributed by atoms with E-state index in [1.807, 2.05) is 0 Å². The summed E-state index contributed by atoms with van der Waals surface area (Å²) < 4.78 is 32.3. The van der Waals surface area contributed by atoms with Crippen molar-refractivity contribution in [3.05, 3.63) is 59.2 Å². The molecule has 154 valence electrons. The molecule has 1 heterocycles. The third-order valence-corrected chi connectivity index (χ3v) is 6.34. The Labute approximate surface area is 170 Å². The molecule has 0 radical (unpaired) electrons. The molecule has 0 fully saturated rings. The van der Waals surface area contributed by atoms with E-state index in [1.54, 1.807) is 49.1 Å². The van der Waals surface area contributed by atoms with E-state index in [1.165, 1.54) is 19.2 Å². The predicted octanol–water partition coefficient (Wildman–Crippen LogP) is 2.75. The van der Waals surface area contributed by atoms with Gasteiger partial charge < -0.3 is 9.64 Å². The van der Waals surface area contributed by atoms with Gasteiger partial charge in [0.15, 0.2) is 0 Å². The van der Waals surface area contributed by atoms with E-state index < -0.39 is 16.0 Å². The molecule has 1 amide bonds. The largest absolute Gasteiger partial charge is 0.465 e. The molecule has 0 spiro atoms. The predicted molar refractivity (Wildman–Crippen MR) is 110 cm³/mol. The molecule has 2 aromatic rings. The molecule has 7 nitrogen and oxygen atoms in total. The van der Waals surface area contributed by atoms with E-state index in [9.17, 15) is 18.0 Å². The van der Waals surface area contributed by atoms with Gasteiger partial charge in [0.2, 0.25) is 10.0 Å². The lowest BCUT2D eigenvalue weighted by molar-refractivity contribution is 0.0599. The minimum absolute atomic E-state index is 0.0394. The molecule has 0 bridgehead atoms. The number of rotatable bonds is 5. The van der Waals surface area contributed by atoms with E-state index >= 15 is 0 Å². The van der Waals surface area contributed by atoms with Crippen LogP contribution in [0.1, 0.15) is 46.5 Å². The number of carbonyl (C=O) groups is 2. The highest BCUT2D eigenvalue weighted by Crippen LogP contribution is 2.31. The number of ether oxygens (including phenoxy) is 1. The van der Waals surface area contributed by atoms with Crippen molar-refractivity contribution in [1.29, 1.82) is 0 Å². The molecule has 29 heavy (non-hydrogen) atoms. The van der Waals surface area contributed by atoms with Crippen molar-refractivity contribution in [3.63, 3.8) is 0 Å². The van der Waals surface area contributed by atoms with Crippen LogP contribution in [0.2, 0.25) is 0 Å². The molecule has 0 unspecified atom stereocenters. The first kappa shape index (κ1) is 21.0. The number of sulfonamides is 1. The summed E-state index contributed by atoms with van der Waals surface area (Å²) in [6.45, 7) is 3.95. The van der Waals surface area contributed by atoms with Crippen molar-refractivity contribution in [2.45, 2.75) is 37.6 Å². The van der Waals surface area contributed by atoms with Gasteiger partial charge in [-0.25, -0.2) is 17.9 Å². The fourth-order valence-electron chi connectivity index (χ4n) is 3.47. The summed E-state index contributed by atoms with van der Waals surface area (Å²) in [5.74, 6) is -0.751. The Kier molecular flexibility index (Phi) is 6.04. The zero-order chi connectivity index (χ0) is 21.2. The molecule has 8 heteroatoms. The van der Waals surface area contributed by atoms with Gasteiger partial charge in [0.25, 0.3) is 5.91 Å². The summed E-state index contributed by atoms with van der Waals surface area (Å²) in [5.41, 5.74) is 2.13. The third-order valence-electron chi connectivity index (χ3n) is 4.68. The molecule has 0 aromatic heterocycles. The fourth-order valence-corrected chi connectivity index (χ4v) is 4.76. The topological polar surface area (TPSA) is 92.8 Å². The van der Waals surface area contributed by atoms with E-state index in [4.69, 9.17) is 4.74 Å². The Morgan fingerprint density at radius 2 is 1.86 bits per heavy atom. The van der Waals surface area contributed by atoms with Gasteiger partial charge in [-0.3, -0.25) is 4.79 Å². The maximum atomic E-state index is 13.2. The Balaban J connectivity index is 1.98. The van der Waals surface area contributed by atoms with Gasteiger partial charge in [0.1, 0.15) is 0 Å². The van der Waals surface area contributed by atoms with Crippen LogP contribution in [0, 0.1) is 0 Å². The minimum atomic E-state index is -3.71. The smallest absolute Gasteiger partial charge is 0.338 e. The first-order chi connectivity index (χ1) is 13.7. The Bertz CT molecular complexity index is 1050. The summed E-state index contributed by atoms with van der Waals surface area (Å²) in [6, 6.07) is 10.9. The van der Waals surface area contributed by atoms with E-state index in [0.717, 1.165) is 5.56 Å². The first-order valence-corrected chi connectivity index (χ1v) is 10.9. The maximum absolute atomic E-state index is 13.2. The number of methoxy groups -OCH3 is 1. The van der Waals surface area contributed by atoms with Crippen molar-refractivity contribution >= 4 is 27.6 Å². The number of esters is 1. The molecule has 1 aliphatic rings. The second-order valence-electron chi connectivity index (χ2n) is 7.16. The number of nitrogens with one attached hydrogen (secondary N) is 1. The van der Waals surface area contributed by atoms with Gasteiger partial charge in [0.05, 0.1) is 17.6 Å². The van der Waals surface area contributed by atoms with Crippen LogP contribution < -0.4 is 9.62 Å². The molecule has 1 aliphatic heterocycles. The van der Waals surface area contributed by atoms with Crippen molar-refractivity contribution in [2.24, 2.45) is 0 Å². The molecule has 1 N–H and O–H groups in total. The molecule has 0 atom stereocenters. The van der Waals surface area contributed by atoms with Crippen LogP contribution in [-0.2, 0) is 21.2 Å². The van der Waals surface area contributed by atoms with Crippen molar-refractivity contribution in [3.8, 4) is 0 Å². The Morgan fingerprint density at radius 1 is 1.14 bits per heavy atom. The van der Waals surface area contributed by atoms with Crippen molar-refractivity contribution in [1.82, 2.24) is 4.72 Å². The van der Waals surface area contributed by atoms with Crippen LogP contribution in [0.4, 0.5) is 5.69 Å². The highest BCUT2D eigenvalue weighted by molar-refractivity contribution is 7.89. The number of hydrogen-bond donors (Lipinski definition) is 1. The average molecular weight is 416 g/mol. The SMILES string of the molecule is COC(=O)c1cccc2c1CCCN2C(=O)c1cccc(S(=O)(=O)NC(C)C)c1. The lowest BCUT2D eigenvalue weighted by Crippen LogP contribution is -2.36. The average Bonchev–Trinajstić information content (AvgIpc) is 2.71. The standard InChI is InChI=1S/C21H24N2O5S/c1-14(2)22-29(26,27)16-8-4-7-15(13-16)20(24)23-12-6-10-17-18(21(25)28-3)9-5-11-19(17)23/h4-5,7-9,11,13-14,22H,6,10,12H2,1-3H3. The van der Waals surface area contributed by atoms with Crippen molar-refractivity contribution in [2.75, 3.05) is 18.6 Å². The number of benzene rings is 2. The number of carbonyl (C=O) groups excluding carboxylic acids is 2. The summed E-state index contributed by atoms with van der Waals surface area (Å²) >= 11 is 0. The zero-order valence-electron chi connectivity index (χ0n) is 16.6. The highest BCUT2D eigenvalue weighted by Gasteiger charge is 2.28. The fraction of sp³-hybridized carbons (Fsp3) is 0.333. The number of anilines is 1. The van der Waals surface area contributed by atoms with Gasteiger partial charge in [-0.1, -0.05) is 12.1 Å². The molecule has 0 saturated heterocycles. The Morgan fingerprint density at radius 3 is 2.55 bits per heavy atom. The van der Waals surface area contributed by atoms with E-state index in [-0.39, 0.29) is 22.4 Å². The second-order valence-corrected chi connectivity index (χ2v) is 8.87. The summed E-state index contributed by atoms with van der Waals surface area (Å²) in [4.78, 5) is 26.9. The van der Waals surface area contributed by atoms with Gasteiger partial charge in [-0.2, -0.15) is 0 Å². The van der Waals surface area contributed by atoms with Crippen LogP contribution in [0.15, 0.2) is 47.4 Å². The van der Waals surface area contributed by atoms with Crippen LogP contribution in [0.25, 0.3) is 0 Å². The number of fused-ring (bicyclic) bond motifs is 1. The quantitative estimate of drug-likeness (QED) is 0.757. The lowest BCUT2D eigenvalue weighted by Gasteiger charge is -2.30. The van der Waals surface area contributed by atoms with Crippen LogP contribution in [0.5, 0.6) is 0 Å². The van der Waals surface area contributed by atoms with Crippen LogP contribution in [-0.4, -0.2) is 40.0 Å². The van der Waals surface area contributed by atoms with Crippen molar-refractivity contribution < 1.29 is 22.7 Å². The normalized spacial score (nSPS) is 13.9. The molecule has 3 rings (SSSR count). The number of amides is 1. The van der Waals surface area contributed by atoms with Gasteiger partial charge >= 0.3 is 5.97 Å². The third kappa shape index (κ3) is 4.33.